The van der Waals surface area contributed by atoms with E-state index in [1.165, 1.54) is 13.0 Å². The van der Waals surface area contributed by atoms with Crippen LogP contribution < -0.4 is 0 Å². The number of halogens is 5. The highest BCUT2D eigenvalue weighted by Crippen LogP contribution is 2.23. The molecule has 0 amide bonds. The summed E-state index contributed by atoms with van der Waals surface area (Å²) in [6.07, 6.45) is -1.19. The number of hydrogen-bond donors (Lipinski definition) is 0. The molecule has 1 unspecified atom stereocenters. The van der Waals surface area contributed by atoms with E-state index in [9.17, 15) is 13.6 Å². The van der Waals surface area contributed by atoms with E-state index in [2.05, 4.69) is 0 Å². The molecule has 0 aromatic heterocycles. The molecule has 0 spiro atoms. The average molecular weight is 330 g/mol. The Bertz CT molecular complexity index is 514. The minimum Gasteiger partial charge on any atom is -0.456 e. The van der Waals surface area contributed by atoms with Crippen LogP contribution in [0.1, 0.15) is 12.5 Å². The number of carbonyl (C=O) groups is 1. The third-order valence-electron chi connectivity index (χ3n) is 2.20. The summed E-state index contributed by atoms with van der Waals surface area (Å²) in [7, 11) is 0. The maximum absolute atomic E-state index is 13.3. The van der Waals surface area contributed by atoms with Crippen LogP contribution in [0.5, 0.6) is 0 Å². The van der Waals surface area contributed by atoms with Crippen LogP contribution >= 0.6 is 34.8 Å². The van der Waals surface area contributed by atoms with Crippen molar-refractivity contribution in [2.75, 3.05) is 0 Å². The third kappa shape index (κ3) is 4.97. The normalized spacial score (nSPS) is 11.9. The van der Waals surface area contributed by atoms with Crippen LogP contribution in [-0.4, -0.2) is 12.1 Å². The smallest absolute Gasteiger partial charge is 0.311 e. The standard InChI is InChI=1S/C12H9Cl3F2O2/c1-6(11(13)12(14)15)19-10(18)4-7-2-3-8(16)5-9(7)17/h2-3,5-6H,4H2,1H3. The van der Waals surface area contributed by atoms with Crippen LogP contribution in [0.2, 0.25) is 0 Å². The van der Waals surface area contributed by atoms with Gasteiger partial charge in [-0.25, -0.2) is 8.78 Å². The fourth-order valence-corrected chi connectivity index (χ4v) is 1.62. The number of benzene rings is 1. The zero-order chi connectivity index (χ0) is 14.6. The summed E-state index contributed by atoms with van der Waals surface area (Å²) >= 11 is 16.5. The Morgan fingerprint density at radius 3 is 2.47 bits per heavy atom. The highest BCUT2D eigenvalue weighted by Gasteiger charge is 2.17. The van der Waals surface area contributed by atoms with E-state index in [4.69, 9.17) is 39.5 Å². The predicted molar refractivity (Wildman–Crippen MR) is 70.2 cm³/mol. The maximum Gasteiger partial charge on any atom is 0.311 e. The molecule has 0 saturated carbocycles. The van der Waals surface area contributed by atoms with Crippen molar-refractivity contribution in [3.05, 3.63) is 44.9 Å². The number of carbonyl (C=O) groups excluding carboxylic acids is 1. The molecule has 2 nitrogen and oxygen atoms in total. The average Bonchev–Trinajstić information content (AvgIpc) is 2.31. The molecule has 1 rings (SSSR count). The number of esters is 1. The first-order chi connectivity index (χ1) is 8.81. The first-order valence-corrected chi connectivity index (χ1v) is 6.28. The van der Waals surface area contributed by atoms with Gasteiger partial charge in [0.25, 0.3) is 0 Å². The van der Waals surface area contributed by atoms with Gasteiger partial charge in [-0.2, -0.15) is 0 Å². The molecule has 1 aromatic carbocycles. The van der Waals surface area contributed by atoms with Crippen molar-refractivity contribution < 1.29 is 18.3 Å². The van der Waals surface area contributed by atoms with Gasteiger partial charge in [0.1, 0.15) is 22.2 Å². The van der Waals surface area contributed by atoms with Gasteiger partial charge in [-0.1, -0.05) is 40.9 Å². The molecule has 0 aliphatic heterocycles. The van der Waals surface area contributed by atoms with Crippen molar-refractivity contribution >= 4 is 40.8 Å². The van der Waals surface area contributed by atoms with Crippen LogP contribution in [0.4, 0.5) is 8.78 Å². The second-order valence-corrected chi connectivity index (χ2v) is 5.01. The lowest BCUT2D eigenvalue weighted by Gasteiger charge is -2.12. The lowest BCUT2D eigenvalue weighted by molar-refractivity contribution is -0.145. The molecule has 0 N–H and O–H groups in total. The van der Waals surface area contributed by atoms with Gasteiger partial charge in [0.2, 0.25) is 0 Å². The van der Waals surface area contributed by atoms with E-state index in [0.29, 0.717) is 6.07 Å². The summed E-state index contributed by atoms with van der Waals surface area (Å²) in [6, 6.07) is 2.91. The van der Waals surface area contributed by atoms with Gasteiger partial charge in [0, 0.05) is 6.07 Å². The molecule has 1 atom stereocenters. The van der Waals surface area contributed by atoms with Crippen LogP contribution in [-0.2, 0) is 16.0 Å². The van der Waals surface area contributed by atoms with Crippen LogP contribution in [0, 0.1) is 11.6 Å². The third-order valence-corrected chi connectivity index (χ3v) is 3.29. The van der Waals surface area contributed by atoms with Crippen molar-refractivity contribution in [2.24, 2.45) is 0 Å². The molecule has 0 aliphatic rings. The highest BCUT2D eigenvalue weighted by atomic mass is 35.5. The van der Waals surface area contributed by atoms with E-state index < -0.39 is 23.7 Å². The Labute approximate surface area is 123 Å². The first-order valence-electron chi connectivity index (χ1n) is 5.15. The molecule has 0 fully saturated rings. The van der Waals surface area contributed by atoms with Gasteiger partial charge in [0.05, 0.1) is 11.5 Å². The molecule has 0 heterocycles. The Morgan fingerprint density at radius 1 is 1.32 bits per heavy atom. The van der Waals surface area contributed by atoms with E-state index in [-0.39, 0.29) is 21.5 Å². The Balaban J connectivity index is 2.68. The summed E-state index contributed by atoms with van der Waals surface area (Å²) in [5.41, 5.74) is 0.0238. The topological polar surface area (TPSA) is 26.3 Å². The summed E-state index contributed by atoms with van der Waals surface area (Å²) in [6.45, 7) is 1.46. The Hall–Kier alpha value is -0.840. The van der Waals surface area contributed by atoms with E-state index >= 15 is 0 Å². The SMILES string of the molecule is CC(OC(=O)Cc1ccc(F)cc1F)C(Cl)=C(Cl)Cl. The van der Waals surface area contributed by atoms with Gasteiger partial charge in [-0.3, -0.25) is 4.79 Å². The van der Waals surface area contributed by atoms with Crippen LogP contribution in [0.15, 0.2) is 27.7 Å². The molecule has 7 heteroatoms. The van der Waals surface area contributed by atoms with Crippen molar-refractivity contribution in [2.45, 2.75) is 19.4 Å². The Kier molecular flexibility index (Phi) is 6.04. The number of rotatable bonds is 4. The number of ether oxygens (including phenoxy) is 1. The maximum atomic E-state index is 13.3. The van der Waals surface area contributed by atoms with Gasteiger partial charge in [-0.05, 0) is 18.6 Å². The van der Waals surface area contributed by atoms with Gasteiger partial charge >= 0.3 is 5.97 Å². The number of hydrogen-bond acceptors (Lipinski definition) is 2. The molecule has 1 aromatic rings. The minimum atomic E-state index is -0.845. The molecule has 0 aliphatic carbocycles. The molecular formula is C12H9Cl3F2O2. The lowest BCUT2D eigenvalue weighted by atomic mass is 10.1. The molecule has 19 heavy (non-hydrogen) atoms. The molecule has 0 radical (unpaired) electrons. The van der Waals surface area contributed by atoms with Crippen LogP contribution in [0.3, 0.4) is 0 Å². The van der Waals surface area contributed by atoms with Crippen LogP contribution in [0.25, 0.3) is 0 Å². The molecule has 0 saturated heterocycles. The van der Waals surface area contributed by atoms with Crippen molar-refractivity contribution in [1.29, 1.82) is 0 Å². The van der Waals surface area contributed by atoms with Crippen molar-refractivity contribution in [3.63, 3.8) is 0 Å². The molecular weight excluding hydrogens is 320 g/mol. The quantitative estimate of drug-likeness (QED) is 0.769. The zero-order valence-electron chi connectivity index (χ0n) is 9.72. The monoisotopic (exact) mass is 328 g/mol. The largest absolute Gasteiger partial charge is 0.456 e. The second-order valence-electron chi connectivity index (χ2n) is 3.65. The zero-order valence-corrected chi connectivity index (χ0v) is 12.0. The summed E-state index contributed by atoms with van der Waals surface area (Å²) < 4.78 is 30.7. The van der Waals surface area contributed by atoms with Gasteiger partial charge in [0.15, 0.2) is 0 Å². The lowest BCUT2D eigenvalue weighted by Crippen LogP contribution is -2.17. The molecule has 0 bridgehead atoms. The van der Waals surface area contributed by atoms with Crippen molar-refractivity contribution in [1.82, 2.24) is 0 Å². The predicted octanol–water partition coefficient (Wildman–Crippen LogP) is 4.32. The summed E-state index contributed by atoms with van der Waals surface area (Å²) in [5.74, 6) is -2.27. The second kappa shape index (κ2) is 7.08. The van der Waals surface area contributed by atoms with Gasteiger partial charge < -0.3 is 4.74 Å². The molecule has 104 valence electrons. The first kappa shape index (κ1) is 16.2. The fraction of sp³-hybridized carbons (Fsp3) is 0.250. The van der Waals surface area contributed by atoms with Gasteiger partial charge in [-0.15, -0.1) is 0 Å². The summed E-state index contributed by atoms with van der Waals surface area (Å²) in [4.78, 5) is 11.5. The Morgan fingerprint density at radius 2 is 1.95 bits per heavy atom. The summed E-state index contributed by atoms with van der Waals surface area (Å²) in [5, 5.41) is -0.0312. The van der Waals surface area contributed by atoms with Crippen molar-refractivity contribution in [3.8, 4) is 0 Å². The van der Waals surface area contributed by atoms with E-state index in [1.54, 1.807) is 0 Å². The minimum absolute atomic E-state index is 0.0238. The fourth-order valence-electron chi connectivity index (χ4n) is 1.26. The highest BCUT2D eigenvalue weighted by molar-refractivity contribution is 6.59. The van der Waals surface area contributed by atoms with E-state index in [1.807, 2.05) is 0 Å². The van der Waals surface area contributed by atoms with E-state index in [0.717, 1.165) is 6.07 Å².